The monoisotopic (exact) mass is 370 g/mol. The Morgan fingerprint density at radius 1 is 1.17 bits per heavy atom. The molecule has 0 bridgehead atoms. The average molecular weight is 371 g/mol. The standard InChI is InChI=1S/C16H10ClF3N2OS/c17-10-4-5-12-13(7-10)24-14(15(23)22-12)8-21-11-3-1-2-9(6-11)16(18,19)20/h1-8,21H,(H,22,23)/b14-8+. The van der Waals surface area contributed by atoms with E-state index in [1.807, 2.05) is 0 Å². The molecule has 0 unspecified atom stereocenters. The normalized spacial score (nSPS) is 15.8. The van der Waals surface area contributed by atoms with Crippen LogP contribution in [0.5, 0.6) is 0 Å². The molecule has 0 aromatic heterocycles. The lowest BCUT2D eigenvalue weighted by molar-refractivity contribution is -0.137. The van der Waals surface area contributed by atoms with Gasteiger partial charge in [-0.1, -0.05) is 29.4 Å². The summed E-state index contributed by atoms with van der Waals surface area (Å²) in [6, 6.07) is 9.82. The third-order valence-electron chi connectivity index (χ3n) is 3.20. The van der Waals surface area contributed by atoms with Gasteiger partial charge in [-0.15, -0.1) is 0 Å². The van der Waals surface area contributed by atoms with Gasteiger partial charge < -0.3 is 10.6 Å². The summed E-state index contributed by atoms with van der Waals surface area (Å²) in [5.41, 5.74) is 0.122. The Kier molecular flexibility index (Phi) is 4.47. The first-order chi connectivity index (χ1) is 11.3. The molecule has 0 saturated carbocycles. The van der Waals surface area contributed by atoms with E-state index < -0.39 is 11.7 Å². The first-order valence-electron chi connectivity index (χ1n) is 6.76. The van der Waals surface area contributed by atoms with Crippen LogP contribution in [-0.2, 0) is 11.0 Å². The van der Waals surface area contributed by atoms with Crippen LogP contribution in [-0.4, -0.2) is 5.91 Å². The van der Waals surface area contributed by atoms with E-state index in [9.17, 15) is 18.0 Å². The number of alkyl halides is 3. The van der Waals surface area contributed by atoms with Gasteiger partial charge in [-0.25, -0.2) is 0 Å². The molecule has 0 aliphatic carbocycles. The molecule has 8 heteroatoms. The van der Waals surface area contributed by atoms with E-state index in [0.29, 0.717) is 15.6 Å². The summed E-state index contributed by atoms with van der Waals surface area (Å²) < 4.78 is 38.1. The highest BCUT2D eigenvalue weighted by Crippen LogP contribution is 2.39. The molecular weight excluding hydrogens is 361 g/mol. The number of amides is 1. The van der Waals surface area contributed by atoms with Crippen molar-refractivity contribution in [2.45, 2.75) is 11.1 Å². The number of rotatable bonds is 2. The van der Waals surface area contributed by atoms with Crippen LogP contribution in [0.1, 0.15) is 5.56 Å². The van der Waals surface area contributed by atoms with Crippen molar-refractivity contribution in [3.05, 3.63) is 64.2 Å². The van der Waals surface area contributed by atoms with E-state index in [-0.39, 0.29) is 11.6 Å². The zero-order chi connectivity index (χ0) is 17.3. The van der Waals surface area contributed by atoms with Crippen LogP contribution in [0.15, 0.2) is 58.5 Å². The van der Waals surface area contributed by atoms with Crippen LogP contribution in [0.25, 0.3) is 0 Å². The molecule has 1 aliphatic rings. The number of benzene rings is 2. The predicted octanol–water partition coefficient (Wildman–Crippen LogP) is 5.36. The van der Waals surface area contributed by atoms with Crippen molar-refractivity contribution in [1.82, 2.24) is 0 Å². The first kappa shape index (κ1) is 16.7. The molecule has 0 radical (unpaired) electrons. The SMILES string of the molecule is O=C1Nc2ccc(Cl)cc2S/C1=C/Nc1cccc(C(F)(F)F)c1. The molecule has 124 valence electrons. The second-order valence-electron chi connectivity index (χ2n) is 4.93. The molecule has 2 aromatic carbocycles. The molecule has 2 aromatic rings. The smallest absolute Gasteiger partial charge is 0.360 e. The number of anilines is 2. The summed E-state index contributed by atoms with van der Waals surface area (Å²) in [6.07, 6.45) is -3.04. The highest BCUT2D eigenvalue weighted by atomic mass is 35.5. The van der Waals surface area contributed by atoms with E-state index in [1.54, 1.807) is 18.2 Å². The Bertz CT molecular complexity index is 836. The van der Waals surface area contributed by atoms with Crippen LogP contribution in [0.4, 0.5) is 24.5 Å². The average Bonchev–Trinajstić information content (AvgIpc) is 2.53. The minimum Gasteiger partial charge on any atom is -0.360 e. The van der Waals surface area contributed by atoms with Gasteiger partial charge in [0.25, 0.3) is 5.91 Å². The lowest BCUT2D eigenvalue weighted by Gasteiger charge is -2.18. The minimum absolute atomic E-state index is 0.239. The fourth-order valence-corrected chi connectivity index (χ4v) is 3.21. The van der Waals surface area contributed by atoms with Gasteiger partial charge in [0.1, 0.15) is 0 Å². The van der Waals surface area contributed by atoms with Gasteiger partial charge in [0.05, 0.1) is 16.2 Å². The number of carbonyl (C=O) groups is 1. The van der Waals surface area contributed by atoms with Crippen molar-refractivity contribution < 1.29 is 18.0 Å². The summed E-state index contributed by atoms with van der Waals surface area (Å²) in [5.74, 6) is -0.339. The molecule has 0 atom stereocenters. The third kappa shape index (κ3) is 3.68. The van der Waals surface area contributed by atoms with Gasteiger partial charge in [0, 0.05) is 21.8 Å². The molecule has 1 amide bonds. The van der Waals surface area contributed by atoms with Crippen LogP contribution in [0, 0.1) is 0 Å². The number of nitrogens with one attached hydrogen (secondary N) is 2. The van der Waals surface area contributed by atoms with Crippen molar-refractivity contribution >= 4 is 40.6 Å². The summed E-state index contributed by atoms with van der Waals surface area (Å²) in [6.45, 7) is 0. The quantitative estimate of drug-likeness (QED) is 0.699. The fraction of sp³-hybridized carbons (Fsp3) is 0.0625. The van der Waals surface area contributed by atoms with E-state index in [2.05, 4.69) is 10.6 Å². The lowest BCUT2D eigenvalue weighted by atomic mass is 10.2. The molecule has 1 aliphatic heterocycles. The van der Waals surface area contributed by atoms with Crippen LogP contribution in [0.3, 0.4) is 0 Å². The summed E-state index contributed by atoms with van der Waals surface area (Å²) in [7, 11) is 0. The zero-order valence-electron chi connectivity index (χ0n) is 11.9. The van der Waals surface area contributed by atoms with Crippen LogP contribution >= 0.6 is 23.4 Å². The topological polar surface area (TPSA) is 41.1 Å². The molecule has 0 spiro atoms. The van der Waals surface area contributed by atoms with E-state index in [4.69, 9.17) is 11.6 Å². The maximum absolute atomic E-state index is 12.7. The maximum Gasteiger partial charge on any atom is 0.416 e. The lowest BCUT2D eigenvalue weighted by Crippen LogP contribution is -2.18. The molecular formula is C16H10ClF3N2OS. The second kappa shape index (κ2) is 6.41. The van der Waals surface area contributed by atoms with Crippen molar-refractivity contribution in [2.75, 3.05) is 10.6 Å². The number of hydrogen-bond acceptors (Lipinski definition) is 3. The Balaban J connectivity index is 1.81. The van der Waals surface area contributed by atoms with Gasteiger partial charge in [0.15, 0.2) is 0 Å². The maximum atomic E-state index is 12.7. The Labute approximate surface area is 144 Å². The predicted molar refractivity (Wildman–Crippen MR) is 89.1 cm³/mol. The van der Waals surface area contributed by atoms with Crippen LogP contribution in [0.2, 0.25) is 5.02 Å². The number of thioether (sulfide) groups is 1. The Hall–Kier alpha value is -2.12. The summed E-state index contributed by atoms with van der Waals surface area (Å²) >= 11 is 7.11. The van der Waals surface area contributed by atoms with E-state index >= 15 is 0 Å². The van der Waals surface area contributed by atoms with Gasteiger partial charge in [-0.2, -0.15) is 13.2 Å². The fourth-order valence-electron chi connectivity index (χ4n) is 2.06. The van der Waals surface area contributed by atoms with Gasteiger partial charge >= 0.3 is 6.18 Å². The Morgan fingerprint density at radius 3 is 2.71 bits per heavy atom. The van der Waals surface area contributed by atoms with Gasteiger partial charge in [-0.3, -0.25) is 4.79 Å². The van der Waals surface area contributed by atoms with Crippen LogP contribution < -0.4 is 10.6 Å². The third-order valence-corrected chi connectivity index (χ3v) is 4.51. The minimum atomic E-state index is -4.42. The largest absolute Gasteiger partial charge is 0.416 e. The van der Waals surface area contributed by atoms with Crippen molar-refractivity contribution in [3.8, 4) is 0 Å². The highest BCUT2D eigenvalue weighted by molar-refractivity contribution is 8.04. The summed E-state index contributed by atoms with van der Waals surface area (Å²) in [4.78, 5) is 13.1. The molecule has 2 N–H and O–H groups in total. The molecule has 24 heavy (non-hydrogen) atoms. The molecule has 1 heterocycles. The van der Waals surface area contributed by atoms with E-state index in [0.717, 1.165) is 17.0 Å². The van der Waals surface area contributed by atoms with Gasteiger partial charge in [0.2, 0.25) is 0 Å². The first-order valence-corrected chi connectivity index (χ1v) is 7.95. The van der Waals surface area contributed by atoms with Crippen molar-refractivity contribution in [2.24, 2.45) is 0 Å². The summed E-state index contributed by atoms with van der Waals surface area (Å²) in [5, 5.41) is 5.96. The van der Waals surface area contributed by atoms with E-state index in [1.165, 1.54) is 30.1 Å². The Morgan fingerprint density at radius 2 is 1.96 bits per heavy atom. The number of carbonyl (C=O) groups excluding carboxylic acids is 1. The number of fused-ring (bicyclic) bond motifs is 1. The zero-order valence-corrected chi connectivity index (χ0v) is 13.5. The molecule has 0 saturated heterocycles. The van der Waals surface area contributed by atoms with Gasteiger partial charge in [-0.05, 0) is 36.4 Å². The number of halogens is 4. The van der Waals surface area contributed by atoms with Crippen molar-refractivity contribution in [3.63, 3.8) is 0 Å². The molecule has 0 fully saturated rings. The highest BCUT2D eigenvalue weighted by Gasteiger charge is 2.30. The second-order valence-corrected chi connectivity index (χ2v) is 6.45. The molecule has 3 rings (SSSR count). The number of hydrogen-bond donors (Lipinski definition) is 2. The van der Waals surface area contributed by atoms with Crippen molar-refractivity contribution in [1.29, 1.82) is 0 Å². The molecule has 3 nitrogen and oxygen atoms in total.